The molecule has 0 radical (unpaired) electrons. The van der Waals surface area contributed by atoms with E-state index in [1.165, 1.54) is 0 Å². The fraction of sp³-hybridized carbons (Fsp3) is 0.750. The quantitative estimate of drug-likeness (QED) is 0.545. The molecule has 0 aromatic rings. The number of aliphatic hydroxyl groups excluding tert-OH is 1. The van der Waals surface area contributed by atoms with Crippen LogP contribution in [0, 0.1) is 0 Å². The van der Waals surface area contributed by atoms with Gasteiger partial charge in [0.05, 0.1) is 0 Å². The molecule has 1 rings (SSSR count). The van der Waals surface area contributed by atoms with Crippen LogP contribution in [-0.4, -0.2) is 60.4 Å². The summed E-state index contributed by atoms with van der Waals surface area (Å²) in [5, 5.41) is 9.76. The van der Waals surface area contributed by atoms with Crippen LogP contribution in [-0.2, 0) is 33.3 Å². The molecule has 8 nitrogen and oxygen atoms in total. The number of aliphatic hydroxyl groups is 1. The van der Waals surface area contributed by atoms with Crippen molar-refractivity contribution in [2.24, 2.45) is 0 Å². The summed E-state index contributed by atoms with van der Waals surface area (Å²) in [5.74, 6) is -2.32. The molecule has 0 bridgehead atoms. The minimum atomic E-state index is -1.72. The summed E-state index contributed by atoms with van der Waals surface area (Å²) in [4.78, 5) is 33.3. The number of hydrogen-bond donors (Lipinski definition) is 1. The van der Waals surface area contributed by atoms with Crippen LogP contribution in [0.4, 0.5) is 4.39 Å². The predicted molar refractivity (Wildman–Crippen MR) is 63.5 cm³/mol. The normalized spacial score (nSPS) is 32.1. The van der Waals surface area contributed by atoms with Gasteiger partial charge < -0.3 is 24.1 Å². The maximum absolute atomic E-state index is 13.0. The zero-order valence-electron chi connectivity index (χ0n) is 11.8. The van der Waals surface area contributed by atoms with Gasteiger partial charge >= 0.3 is 17.9 Å². The summed E-state index contributed by atoms with van der Waals surface area (Å²) in [7, 11) is 0. The van der Waals surface area contributed by atoms with E-state index < -0.39 is 55.3 Å². The molecule has 0 aromatic heterocycles. The number of halogens is 1. The lowest BCUT2D eigenvalue weighted by Crippen LogP contribution is -2.61. The average Bonchev–Trinajstić information content (AvgIpc) is 2.35. The highest BCUT2D eigenvalue weighted by Gasteiger charge is 2.51. The number of carbonyl (C=O) groups excluding carboxylic acids is 3. The van der Waals surface area contributed by atoms with E-state index in [0.717, 1.165) is 20.8 Å². The van der Waals surface area contributed by atoms with Gasteiger partial charge in [0.1, 0.15) is 12.8 Å². The molecule has 0 amide bonds. The van der Waals surface area contributed by atoms with E-state index in [4.69, 9.17) is 18.9 Å². The zero-order chi connectivity index (χ0) is 16.2. The topological polar surface area (TPSA) is 108 Å². The first-order valence-corrected chi connectivity index (χ1v) is 6.17. The number of carbonyl (C=O) groups is 3. The van der Waals surface area contributed by atoms with Crippen molar-refractivity contribution in [2.45, 2.75) is 51.5 Å². The molecule has 0 unspecified atom stereocenters. The molecule has 120 valence electrons. The van der Waals surface area contributed by atoms with Crippen molar-refractivity contribution in [3.05, 3.63) is 0 Å². The molecule has 1 saturated heterocycles. The van der Waals surface area contributed by atoms with E-state index in [-0.39, 0.29) is 0 Å². The Labute approximate surface area is 120 Å². The summed E-state index contributed by atoms with van der Waals surface area (Å²) < 4.78 is 32.5. The molecule has 9 heteroatoms. The van der Waals surface area contributed by atoms with Crippen LogP contribution in [0.2, 0.25) is 0 Å². The van der Waals surface area contributed by atoms with Crippen molar-refractivity contribution < 1.29 is 42.8 Å². The maximum atomic E-state index is 13.0. The van der Waals surface area contributed by atoms with Gasteiger partial charge in [-0.3, -0.25) is 14.4 Å². The van der Waals surface area contributed by atoms with Crippen molar-refractivity contribution >= 4 is 17.9 Å². The number of ether oxygens (including phenoxy) is 4. The Morgan fingerprint density at radius 2 is 1.38 bits per heavy atom. The van der Waals surface area contributed by atoms with E-state index in [2.05, 4.69) is 0 Å². The van der Waals surface area contributed by atoms with E-state index >= 15 is 0 Å². The Bertz CT molecular complexity index is 412. The lowest BCUT2D eigenvalue weighted by Gasteiger charge is -2.42. The van der Waals surface area contributed by atoms with Gasteiger partial charge in [-0.05, 0) is 0 Å². The van der Waals surface area contributed by atoms with Crippen LogP contribution in [0.25, 0.3) is 0 Å². The highest BCUT2D eigenvalue weighted by atomic mass is 19.1. The van der Waals surface area contributed by atoms with Gasteiger partial charge in [-0.25, -0.2) is 4.39 Å². The Morgan fingerprint density at radius 3 is 1.81 bits per heavy atom. The number of alkyl halides is 1. The third kappa shape index (κ3) is 4.64. The van der Waals surface area contributed by atoms with Gasteiger partial charge in [0, 0.05) is 20.8 Å². The third-order valence-electron chi connectivity index (χ3n) is 2.67. The Kier molecular flexibility index (Phi) is 6.03. The van der Waals surface area contributed by atoms with Gasteiger partial charge in [-0.1, -0.05) is 0 Å². The number of hydrogen-bond acceptors (Lipinski definition) is 8. The molecular weight excluding hydrogens is 291 g/mol. The molecule has 1 heterocycles. The smallest absolute Gasteiger partial charge is 0.303 e. The largest absolute Gasteiger partial charge is 0.456 e. The van der Waals surface area contributed by atoms with Crippen molar-refractivity contribution in [1.82, 2.24) is 0 Å². The summed E-state index contributed by atoms with van der Waals surface area (Å²) in [5.41, 5.74) is 0. The number of esters is 3. The third-order valence-corrected chi connectivity index (χ3v) is 2.67. The highest BCUT2D eigenvalue weighted by molar-refractivity contribution is 5.68. The molecule has 1 fully saturated rings. The molecule has 21 heavy (non-hydrogen) atoms. The lowest BCUT2D eigenvalue weighted by atomic mass is 9.98. The van der Waals surface area contributed by atoms with Crippen molar-refractivity contribution in [3.63, 3.8) is 0 Å². The van der Waals surface area contributed by atoms with Crippen LogP contribution >= 0.6 is 0 Å². The number of rotatable bonds is 4. The molecule has 0 aliphatic carbocycles. The Morgan fingerprint density at radius 1 is 0.952 bits per heavy atom. The molecule has 0 saturated carbocycles. The van der Waals surface area contributed by atoms with Gasteiger partial charge in [-0.15, -0.1) is 0 Å². The predicted octanol–water partition coefficient (Wildman–Crippen LogP) is -0.532. The molecule has 1 aliphatic heterocycles. The van der Waals surface area contributed by atoms with Crippen LogP contribution in [0.3, 0.4) is 0 Å². The molecule has 1 N–H and O–H groups in total. The monoisotopic (exact) mass is 308 g/mol. The maximum Gasteiger partial charge on any atom is 0.303 e. The van der Waals surface area contributed by atoms with Crippen LogP contribution in [0.1, 0.15) is 20.8 Å². The standard InChI is InChI=1S/C12H17FO8/c1-5(14)18-9-8(4-13)21-12(17)11(20-7(3)16)10(9)19-6(2)15/h8-12,17H,4H2,1-3H3/t8-,9+,10-,11+,12+/m1/s1. The first-order chi connectivity index (χ1) is 9.76. The molecule has 5 atom stereocenters. The summed E-state index contributed by atoms with van der Waals surface area (Å²) in [6, 6.07) is 0. The second-order valence-electron chi connectivity index (χ2n) is 4.44. The van der Waals surface area contributed by atoms with Crippen LogP contribution < -0.4 is 0 Å². The molecule has 1 aliphatic rings. The van der Waals surface area contributed by atoms with E-state index in [1.54, 1.807) is 0 Å². The van der Waals surface area contributed by atoms with Crippen LogP contribution in [0.15, 0.2) is 0 Å². The molecule has 0 spiro atoms. The highest BCUT2D eigenvalue weighted by Crippen LogP contribution is 2.28. The average molecular weight is 308 g/mol. The van der Waals surface area contributed by atoms with E-state index in [0.29, 0.717) is 0 Å². The van der Waals surface area contributed by atoms with E-state index in [9.17, 15) is 23.9 Å². The van der Waals surface area contributed by atoms with Crippen LogP contribution in [0.5, 0.6) is 0 Å². The van der Waals surface area contributed by atoms with Gasteiger partial charge in [0.2, 0.25) is 0 Å². The second-order valence-corrected chi connectivity index (χ2v) is 4.44. The first-order valence-electron chi connectivity index (χ1n) is 6.17. The summed E-state index contributed by atoms with van der Waals surface area (Å²) in [6.45, 7) is 2.12. The summed E-state index contributed by atoms with van der Waals surface area (Å²) >= 11 is 0. The van der Waals surface area contributed by atoms with Gasteiger partial charge in [-0.2, -0.15) is 0 Å². The first kappa shape index (κ1) is 17.3. The van der Waals surface area contributed by atoms with Gasteiger partial charge in [0.25, 0.3) is 0 Å². The Hall–Kier alpha value is -1.74. The van der Waals surface area contributed by atoms with Crippen molar-refractivity contribution in [3.8, 4) is 0 Å². The van der Waals surface area contributed by atoms with Gasteiger partial charge in [0.15, 0.2) is 24.6 Å². The van der Waals surface area contributed by atoms with Crippen molar-refractivity contribution in [1.29, 1.82) is 0 Å². The van der Waals surface area contributed by atoms with Crippen molar-refractivity contribution in [2.75, 3.05) is 6.67 Å². The fourth-order valence-corrected chi connectivity index (χ4v) is 2.00. The molecule has 0 aromatic carbocycles. The second kappa shape index (κ2) is 7.32. The summed E-state index contributed by atoms with van der Waals surface area (Å²) in [6.07, 6.45) is -7.21. The fourth-order valence-electron chi connectivity index (χ4n) is 2.00. The SMILES string of the molecule is CC(=O)O[C@@H]1[C@@H](OC(C)=O)[C@@H](CF)O[C@H](O)[C@H]1OC(C)=O. The molecular formula is C12H17FO8. The van der Waals surface area contributed by atoms with E-state index in [1.807, 2.05) is 0 Å². The minimum absolute atomic E-state index is 0.767. The lowest BCUT2D eigenvalue weighted by molar-refractivity contribution is -0.292. The zero-order valence-corrected chi connectivity index (χ0v) is 11.8. The minimum Gasteiger partial charge on any atom is -0.456 e. The Balaban J connectivity index is 3.08.